The fourth-order valence-corrected chi connectivity index (χ4v) is 4.68. The zero-order valence-corrected chi connectivity index (χ0v) is 19.1. The van der Waals surface area contributed by atoms with Gasteiger partial charge in [0.05, 0.1) is 18.5 Å². The molecule has 158 valence electrons. The number of rotatable bonds is 7. The summed E-state index contributed by atoms with van der Waals surface area (Å²) in [4.78, 5) is 23.1. The number of carbonyl (C=O) groups excluding carboxylic acids is 1. The summed E-state index contributed by atoms with van der Waals surface area (Å²) >= 11 is 8.80. The summed E-state index contributed by atoms with van der Waals surface area (Å²) in [6.45, 7) is 1.51. The molecule has 10 heteroatoms. The van der Waals surface area contributed by atoms with Gasteiger partial charge in [0, 0.05) is 28.6 Å². The summed E-state index contributed by atoms with van der Waals surface area (Å²) < 4.78 is 5.41. The normalized spacial score (nSPS) is 10.8. The van der Waals surface area contributed by atoms with Crippen LogP contribution in [0.3, 0.4) is 0 Å². The van der Waals surface area contributed by atoms with Gasteiger partial charge in [-0.1, -0.05) is 35.5 Å². The highest BCUT2D eigenvalue weighted by Gasteiger charge is 2.21. The lowest BCUT2D eigenvalue weighted by Crippen LogP contribution is -2.23. The van der Waals surface area contributed by atoms with E-state index < -0.39 is 0 Å². The Morgan fingerprint density at radius 2 is 1.97 bits per heavy atom. The molecule has 7 nitrogen and oxygen atoms in total. The van der Waals surface area contributed by atoms with E-state index in [1.54, 1.807) is 12.0 Å². The number of methoxy groups -OCH3 is 1. The molecule has 4 aromatic rings. The van der Waals surface area contributed by atoms with Gasteiger partial charge in [0.15, 0.2) is 11.0 Å². The van der Waals surface area contributed by atoms with E-state index in [0.717, 1.165) is 11.3 Å². The number of H-pyrrole nitrogens is 1. The van der Waals surface area contributed by atoms with Crippen molar-refractivity contribution in [3.8, 4) is 17.1 Å². The minimum Gasteiger partial charge on any atom is -0.495 e. The molecule has 2 aromatic heterocycles. The highest BCUT2D eigenvalue weighted by Crippen LogP contribution is 2.36. The largest absolute Gasteiger partial charge is 0.495 e. The van der Waals surface area contributed by atoms with Crippen molar-refractivity contribution in [3.63, 3.8) is 0 Å². The first-order valence-electron chi connectivity index (χ1n) is 9.24. The molecule has 0 aliphatic carbocycles. The fourth-order valence-electron chi connectivity index (χ4n) is 2.87. The Labute approximate surface area is 192 Å². The molecule has 2 heterocycles. The molecule has 0 aliphatic heterocycles. The Kier molecular flexibility index (Phi) is 6.55. The van der Waals surface area contributed by atoms with Gasteiger partial charge in [0.1, 0.15) is 5.75 Å². The first kappa shape index (κ1) is 21.4. The van der Waals surface area contributed by atoms with Crippen LogP contribution >= 0.6 is 34.7 Å². The zero-order chi connectivity index (χ0) is 21.8. The van der Waals surface area contributed by atoms with Gasteiger partial charge in [0.25, 0.3) is 0 Å². The van der Waals surface area contributed by atoms with Crippen LogP contribution in [-0.4, -0.2) is 33.2 Å². The highest BCUT2D eigenvalue weighted by atomic mass is 35.5. The third kappa shape index (κ3) is 4.90. The molecule has 0 fully saturated rings. The van der Waals surface area contributed by atoms with E-state index in [1.807, 2.05) is 53.9 Å². The molecule has 1 amide bonds. The smallest absolute Gasteiger partial charge is 0.230 e. The molecule has 0 atom stereocenters. The van der Waals surface area contributed by atoms with E-state index in [9.17, 15) is 4.79 Å². The molecule has 0 spiro atoms. The van der Waals surface area contributed by atoms with Gasteiger partial charge in [-0.25, -0.2) is 9.97 Å². The predicted octanol–water partition coefficient (Wildman–Crippen LogP) is 5.57. The second-order valence-corrected chi connectivity index (χ2v) is 8.63. The third-order valence-corrected chi connectivity index (χ3v) is 6.31. The molecule has 0 radical (unpaired) electrons. The monoisotopic (exact) mass is 471 g/mol. The van der Waals surface area contributed by atoms with Crippen LogP contribution in [0.1, 0.15) is 12.6 Å². The number of halogens is 1. The lowest BCUT2D eigenvalue weighted by Gasteiger charge is -2.20. The summed E-state index contributed by atoms with van der Waals surface area (Å²) in [5.41, 5.74) is 2.41. The second kappa shape index (κ2) is 9.51. The lowest BCUT2D eigenvalue weighted by atomic mass is 10.2. The zero-order valence-electron chi connectivity index (χ0n) is 16.7. The van der Waals surface area contributed by atoms with Crippen molar-refractivity contribution in [2.24, 2.45) is 0 Å². The Morgan fingerprint density at radius 3 is 2.71 bits per heavy atom. The number of nitrogens with zero attached hydrogens (tertiary/aromatic N) is 4. The van der Waals surface area contributed by atoms with Crippen LogP contribution < -0.4 is 9.64 Å². The van der Waals surface area contributed by atoms with Crippen LogP contribution in [0.4, 0.5) is 10.8 Å². The van der Waals surface area contributed by atoms with Gasteiger partial charge in [-0.15, -0.1) is 16.4 Å². The molecule has 4 rings (SSSR count). The molecule has 2 aromatic carbocycles. The topological polar surface area (TPSA) is 84.0 Å². The van der Waals surface area contributed by atoms with Crippen molar-refractivity contribution >= 4 is 51.4 Å². The van der Waals surface area contributed by atoms with Gasteiger partial charge in [0.2, 0.25) is 11.1 Å². The summed E-state index contributed by atoms with van der Waals surface area (Å²) in [5, 5.41) is 11.0. The Balaban J connectivity index is 1.47. The van der Waals surface area contributed by atoms with Crippen molar-refractivity contribution in [2.75, 3.05) is 12.0 Å². The average Bonchev–Trinajstić information content (AvgIpc) is 3.43. The number of hydrogen-bond donors (Lipinski definition) is 1. The maximum absolute atomic E-state index is 12.4. The first-order valence-corrected chi connectivity index (χ1v) is 11.5. The summed E-state index contributed by atoms with van der Waals surface area (Å²) in [7, 11) is 1.58. The van der Waals surface area contributed by atoms with Gasteiger partial charge in [-0.05, 0) is 36.4 Å². The maximum atomic E-state index is 12.4. The molecule has 0 bridgehead atoms. The minimum absolute atomic E-state index is 0.139. The number of aromatic nitrogens is 4. The van der Waals surface area contributed by atoms with Gasteiger partial charge in [-0.2, -0.15) is 0 Å². The van der Waals surface area contributed by atoms with Crippen molar-refractivity contribution in [2.45, 2.75) is 17.8 Å². The molecule has 31 heavy (non-hydrogen) atoms. The van der Waals surface area contributed by atoms with E-state index in [0.29, 0.717) is 38.3 Å². The van der Waals surface area contributed by atoms with Crippen LogP contribution in [-0.2, 0) is 10.5 Å². The molecule has 0 unspecified atom stereocenters. The summed E-state index contributed by atoms with van der Waals surface area (Å²) in [6, 6.07) is 14.8. The Bertz CT molecular complexity index is 1190. The molecular weight excluding hydrogens is 454 g/mol. The van der Waals surface area contributed by atoms with E-state index in [2.05, 4.69) is 20.2 Å². The number of hydrogen-bond acceptors (Lipinski definition) is 7. The molecule has 0 saturated heterocycles. The average molecular weight is 472 g/mol. The maximum Gasteiger partial charge on any atom is 0.230 e. The van der Waals surface area contributed by atoms with E-state index in [1.165, 1.54) is 30.0 Å². The number of carbonyl (C=O) groups is 1. The number of ether oxygens (including phenoxy) is 1. The van der Waals surface area contributed by atoms with Crippen molar-refractivity contribution < 1.29 is 9.53 Å². The standard InChI is InChI=1S/C21H18ClN5O2S2/c1-13(28)27(17-5-3-4-6-18(17)29-2)21-23-16(12-31-21)11-30-20-24-19(25-26-20)14-7-9-15(22)10-8-14/h3-10,12H,11H2,1-2H3,(H,24,25,26). The highest BCUT2D eigenvalue weighted by molar-refractivity contribution is 7.98. The van der Waals surface area contributed by atoms with E-state index >= 15 is 0 Å². The van der Waals surface area contributed by atoms with E-state index in [-0.39, 0.29) is 5.91 Å². The van der Waals surface area contributed by atoms with Crippen molar-refractivity contribution in [1.82, 2.24) is 20.2 Å². The number of thioether (sulfide) groups is 1. The van der Waals surface area contributed by atoms with Crippen LogP contribution in [0.15, 0.2) is 59.1 Å². The van der Waals surface area contributed by atoms with Crippen molar-refractivity contribution in [1.29, 1.82) is 0 Å². The number of amides is 1. The molecule has 0 aliphatic rings. The summed E-state index contributed by atoms with van der Waals surface area (Å²) in [5.74, 6) is 1.72. The first-order chi connectivity index (χ1) is 15.0. The van der Waals surface area contributed by atoms with Gasteiger partial charge in [-0.3, -0.25) is 14.8 Å². The number of nitrogens with one attached hydrogen (secondary N) is 1. The fraction of sp³-hybridized carbons (Fsp3) is 0.143. The van der Waals surface area contributed by atoms with Gasteiger partial charge >= 0.3 is 0 Å². The number of anilines is 2. The molecular formula is C21H18ClN5O2S2. The van der Waals surface area contributed by atoms with Crippen LogP contribution in [0.25, 0.3) is 11.4 Å². The minimum atomic E-state index is -0.139. The Morgan fingerprint density at radius 1 is 1.19 bits per heavy atom. The van der Waals surface area contributed by atoms with Crippen LogP contribution in [0.2, 0.25) is 5.02 Å². The van der Waals surface area contributed by atoms with Gasteiger partial charge < -0.3 is 4.74 Å². The lowest BCUT2D eigenvalue weighted by molar-refractivity contribution is -0.115. The second-order valence-electron chi connectivity index (χ2n) is 6.41. The number of aromatic amines is 1. The third-order valence-electron chi connectivity index (χ3n) is 4.30. The Hall–Kier alpha value is -2.88. The SMILES string of the molecule is COc1ccccc1N(C(C)=O)c1nc(CSc2n[nH]c(-c3ccc(Cl)cc3)n2)cs1. The molecule has 0 saturated carbocycles. The number of para-hydroxylation sites is 2. The number of benzene rings is 2. The van der Waals surface area contributed by atoms with Crippen LogP contribution in [0, 0.1) is 0 Å². The summed E-state index contributed by atoms with van der Waals surface area (Å²) in [6.07, 6.45) is 0. The van der Waals surface area contributed by atoms with Crippen LogP contribution in [0.5, 0.6) is 5.75 Å². The van der Waals surface area contributed by atoms with Crippen molar-refractivity contribution in [3.05, 3.63) is 64.6 Å². The quantitative estimate of drug-likeness (QED) is 0.355. The molecule has 1 N–H and O–H groups in total. The predicted molar refractivity (Wildman–Crippen MR) is 124 cm³/mol. The van der Waals surface area contributed by atoms with E-state index in [4.69, 9.17) is 16.3 Å². The number of thiazole rings is 1.